The van der Waals surface area contributed by atoms with E-state index in [2.05, 4.69) is 33.6 Å². The van der Waals surface area contributed by atoms with Gasteiger partial charge in [0.1, 0.15) is 10.8 Å². The van der Waals surface area contributed by atoms with Gasteiger partial charge < -0.3 is 15.4 Å². The molecule has 1 aromatic carbocycles. The number of hydrogen-bond donors (Lipinski definition) is 2. The minimum atomic E-state index is 0. The normalized spacial score (nSPS) is 10.9. The van der Waals surface area contributed by atoms with Crippen LogP contribution < -0.4 is 15.4 Å². The van der Waals surface area contributed by atoms with E-state index in [1.54, 1.807) is 18.4 Å². The first kappa shape index (κ1) is 20.7. The maximum Gasteiger partial charge on any atom is 0.191 e. The molecule has 5 nitrogen and oxygen atoms in total. The van der Waals surface area contributed by atoms with Crippen LogP contribution in [0.4, 0.5) is 0 Å². The van der Waals surface area contributed by atoms with Crippen LogP contribution in [0.25, 0.3) is 0 Å². The number of thiazole rings is 1. The molecule has 24 heavy (non-hydrogen) atoms. The first-order valence-corrected chi connectivity index (χ1v) is 8.67. The predicted octanol–water partition coefficient (Wildman–Crippen LogP) is 3.59. The Bertz CT molecular complexity index is 645. The van der Waals surface area contributed by atoms with Crippen molar-refractivity contribution in [2.24, 2.45) is 4.99 Å². The number of halogens is 1. The van der Waals surface area contributed by atoms with Crippen LogP contribution >= 0.6 is 35.3 Å². The Morgan fingerprint density at radius 3 is 2.62 bits per heavy atom. The fourth-order valence-corrected chi connectivity index (χ4v) is 2.90. The number of benzene rings is 1. The zero-order chi connectivity index (χ0) is 16.5. The number of rotatable bonds is 7. The van der Waals surface area contributed by atoms with Crippen molar-refractivity contribution in [1.29, 1.82) is 0 Å². The second-order valence-corrected chi connectivity index (χ2v) is 6.09. The third-order valence-electron chi connectivity index (χ3n) is 3.30. The number of ether oxygens (including phenoxy) is 1. The standard InChI is InChI=1S/C17H24N4OS.HI/c1-4-14-11-19-16(23-14)12-21-17(18-3)20-10-13-8-6-7-9-15(13)22-5-2;/h6-9,11H,4-5,10,12H2,1-3H3,(H2,18,20,21);1H. The van der Waals surface area contributed by atoms with Crippen LogP contribution in [0.15, 0.2) is 35.5 Å². The predicted molar refractivity (Wildman–Crippen MR) is 112 cm³/mol. The van der Waals surface area contributed by atoms with Crippen molar-refractivity contribution in [1.82, 2.24) is 15.6 Å². The molecule has 0 aliphatic rings. The van der Waals surface area contributed by atoms with Crippen LogP contribution in [-0.4, -0.2) is 24.6 Å². The van der Waals surface area contributed by atoms with Crippen LogP contribution in [0.2, 0.25) is 0 Å². The van der Waals surface area contributed by atoms with E-state index in [-0.39, 0.29) is 24.0 Å². The van der Waals surface area contributed by atoms with Gasteiger partial charge >= 0.3 is 0 Å². The first-order valence-electron chi connectivity index (χ1n) is 7.85. The van der Waals surface area contributed by atoms with Crippen molar-refractivity contribution in [2.45, 2.75) is 33.4 Å². The van der Waals surface area contributed by atoms with Crippen molar-refractivity contribution in [2.75, 3.05) is 13.7 Å². The number of aromatic nitrogens is 1. The lowest BCUT2D eigenvalue weighted by atomic mass is 10.2. The lowest BCUT2D eigenvalue weighted by molar-refractivity contribution is 0.336. The van der Waals surface area contributed by atoms with Gasteiger partial charge in [0.2, 0.25) is 0 Å². The van der Waals surface area contributed by atoms with Crippen LogP contribution in [0.3, 0.4) is 0 Å². The summed E-state index contributed by atoms with van der Waals surface area (Å²) >= 11 is 1.73. The third-order valence-corrected chi connectivity index (χ3v) is 4.44. The Labute approximate surface area is 165 Å². The van der Waals surface area contributed by atoms with Gasteiger partial charge in [-0.1, -0.05) is 25.1 Å². The summed E-state index contributed by atoms with van der Waals surface area (Å²) in [4.78, 5) is 9.96. The minimum absolute atomic E-state index is 0. The van der Waals surface area contributed by atoms with E-state index in [9.17, 15) is 0 Å². The number of para-hydroxylation sites is 1. The van der Waals surface area contributed by atoms with E-state index in [1.165, 1.54) is 4.88 Å². The second kappa shape index (κ2) is 11.2. The Morgan fingerprint density at radius 2 is 1.96 bits per heavy atom. The van der Waals surface area contributed by atoms with Gasteiger partial charge in [-0.25, -0.2) is 4.98 Å². The van der Waals surface area contributed by atoms with Crippen molar-refractivity contribution >= 4 is 41.3 Å². The van der Waals surface area contributed by atoms with Gasteiger partial charge in [0.25, 0.3) is 0 Å². The van der Waals surface area contributed by atoms with E-state index in [0.29, 0.717) is 19.7 Å². The second-order valence-electron chi connectivity index (χ2n) is 4.89. The van der Waals surface area contributed by atoms with Gasteiger partial charge in [-0.3, -0.25) is 4.99 Å². The van der Waals surface area contributed by atoms with Gasteiger partial charge in [0.05, 0.1) is 13.2 Å². The summed E-state index contributed by atoms with van der Waals surface area (Å²) < 4.78 is 5.64. The molecular formula is C17H25IN4OS. The molecule has 0 amide bonds. The number of nitrogens with zero attached hydrogens (tertiary/aromatic N) is 2. The summed E-state index contributed by atoms with van der Waals surface area (Å²) in [6.07, 6.45) is 2.97. The van der Waals surface area contributed by atoms with E-state index >= 15 is 0 Å². The quantitative estimate of drug-likeness (QED) is 0.377. The van der Waals surface area contributed by atoms with Crippen LogP contribution in [-0.2, 0) is 19.5 Å². The smallest absolute Gasteiger partial charge is 0.191 e. The minimum Gasteiger partial charge on any atom is -0.494 e. The molecule has 1 heterocycles. The maximum atomic E-state index is 5.64. The molecule has 0 aliphatic carbocycles. The van der Waals surface area contributed by atoms with Crippen LogP contribution in [0.5, 0.6) is 5.75 Å². The van der Waals surface area contributed by atoms with Gasteiger partial charge in [0, 0.05) is 30.2 Å². The zero-order valence-corrected chi connectivity index (χ0v) is 17.5. The maximum absolute atomic E-state index is 5.64. The molecule has 0 saturated heterocycles. The Kier molecular flexibility index (Phi) is 9.70. The van der Waals surface area contributed by atoms with Gasteiger partial charge in [-0.05, 0) is 19.4 Å². The largest absolute Gasteiger partial charge is 0.494 e. The van der Waals surface area contributed by atoms with E-state index in [0.717, 1.165) is 28.7 Å². The van der Waals surface area contributed by atoms with Crippen molar-refractivity contribution in [3.8, 4) is 5.75 Å². The van der Waals surface area contributed by atoms with Crippen LogP contribution in [0.1, 0.15) is 29.3 Å². The highest BCUT2D eigenvalue weighted by atomic mass is 127. The lowest BCUT2D eigenvalue weighted by Gasteiger charge is -2.13. The molecule has 0 fully saturated rings. The van der Waals surface area contributed by atoms with Crippen molar-refractivity contribution in [3.63, 3.8) is 0 Å². The highest BCUT2D eigenvalue weighted by Crippen LogP contribution is 2.17. The fraction of sp³-hybridized carbons (Fsp3) is 0.412. The molecule has 0 aliphatic heterocycles. The van der Waals surface area contributed by atoms with E-state index in [4.69, 9.17) is 4.74 Å². The number of aryl methyl sites for hydroxylation is 1. The van der Waals surface area contributed by atoms with Gasteiger partial charge in [-0.15, -0.1) is 35.3 Å². The molecule has 2 N–H and O–H groups in total. The SMILES string of the molecule is CCOc1ccccc1CNC(=NC)NCc1ncc(CC)s1.I. The molecule has 0 radical (unpaired) electrons. The summed E-state index contributed by atoms with van der Waals surface area (Å²) in [6.45, 7) is 6.13. The van der Waals surface area contributed by atoms with Gasteiger partial charge in [-0.2, -0.15) is 0 Å². The number of nitrogens with one attached hydrogen (secondary N) is 2. The average Bonchev–Trinajstić information content (AvgIpc) is 3.04. The molecule has 0 atom stereocenters. The Balaban J connectivity index is 0.00000288. The van der Waals surface area contributed by atoms with Crippen LogP contribution in [0, 0.1) is 0 Å². The highest BCUT2D eigenvalue weighted by Gasteiger charge is 2.05. The molecule has 0 saturated carbocycles. The van der Waals surface area contributed by atoms with Crippen molar-refractivity contribution < 1.29 is 4.74 Å². The molecule has 0 unspecified atom stereocenters. The van der Waals surface area contributed by atoms with Gasteiger partial charge in [0.15, 0.2) is 5.96 Å². The zero-order valence-electron chi connectivity index (χ0n) is 14.3. The number of aliphatic imine (C=N–C) groups is 1. The summed E-state index contributed by atoms with van der Waals surface area (Å²) in [7, 11) is 1.77. The summed E-state index contributed by atoms with van der Waals surface area (Å²) in [5.41, 5.74) is 1.11. The molecule has 2 aromatic rings. The molecule has 7 heteroatoms. The molecule has 132 valence electrons. The van der Waals surface area contributed by atoms with E-state index < -0.39 is 0 Å². The lowest BCUT2D eigenvalue weighted by Crippen LogP contribution is -2.36. The molecular weight excluding hydrogens is 435 g/mol. The topological polar surface area (TPSA) is 58.5 Å². The summed E-state index contributed by atoms with van der Waals surface area (Å²) in [5.74, 6) is 1.66. The number of guanidine groups is 1. The monoisotopic (exact) mass is 460 g/mol. The average molecular weight is 460 g/mol. The molecule has 1 aromatic heterocycles. The highest BCUT2D eigenvalue weighted by molar-refractivity contribution is 14.0. The van der Waals surface area contributed by atoms with Crippen molar-refractivity contribution in [3.05, 3.63) is 45.9 Å². The van der Waals surface area contributed by atoms with E-state index in [1.807, 2.05) is 31.3 Å². The summed E-state index contributed by atoms with van der Waals surface area (Å²) in [5, 5.41) is 7.67. The molecule has 2 rings (SSSR count). The molecule has 0 bridgehead atoms. The first-order chi connectivity index (χ1) is 11.3. The Morgan fingerprint density at radius 1 is 1.21 bits per heavy atom. The fourth-order valence-electron chi connectivity index (χ4n) is 2.10. The third kappa shape index (κ3) is 6.27. The molecule has 0 spiro atoms. The number of hydrogen-bond acceptors (Lipinski definition) is 4. The summed E-state index contributed by atoms with van der Waals surface area (Å²) in [6, 6.07) is 8.03. The Hall–Kier alpha value is -1.35.